The van der Waals surface area contributed by atoms with Gasteiger partial charge in [0.05, 0.1) is 32.3 Å². The highest BCUT2D eigenvalue weighted by Crippen LogP contribution is 2.14. The number of rotatable bonds is 6. The largest absolute Gasteiger partial charge is 0.493 e. The first-order valence-corrected chi connectivity index (χ1v) is 6.54. The van der Waals surface area contributed by atoms with Gasteiger partial charge in [-0.05, 0) is 12.1 Å². The van der Waals surface area contributed by atoms with Crippen molar-refractivity contribution in [1.29, 1.82) is 0 Å². The van der Waals surface area contributed by atoms with Gasteiger partial charge in [-0.1, -0.05) is 6.07 Å². The number of nitrogens with one attached hydrogen (secondary N) is 1. The molecule has 2 rings (SSSR count). The van der Waals surface area contributed by atoms with Crippen molar-refractivity contribution in [2.45, 2.75) is 12.5 Å². The lowest BCUT2D eigenvalue weighted by molar-refractivity contribution is -0.142. The molecule has 6 nitrogen and oxygen atoms in total. The van der Waals surface area contributed by atoms with Crippen LogP contribution in [-0.2, 0) is 14.3 Å². The third-order valence-corrected chi connectivity index (χ3v) is 3.14. The van der Waals surface area contributed by atoms with E-state index in [-0.39, 0.29) is 32.1 Å². The molecule has 2 unspecified atom stereocenters. The van der Waals surface area contributed by atoms with Crippen molar-refractivity contribution in [3.63, 3.8) is 0 Å². The standard InChI is InChI=1S/C14H16FNO5/c15-9-2-1-3-10(6-9)21-5-4-13(17)16-12-8-20-7-11(12)14(18)19/h1-3,6,11-12H,4-5,7-8H2,(H,16,17)(H,18,19). The molecule has 0 saturated carbocycles. The fourth-order valence-electron chi connectivity index (χ4n) is 2.04. The molecular weight excluding hydrogens is 281 g/mol. The highest BCUT2D eigenvalue weighted by molar-refractivity contribution is 5.78. The second-order valence-corrected chi connectivity index (χ2v) is 4.71. The molecule has 1 aliphatic heterocycles. The summed E-state index contributed by atoms with van der Waals surface area (Å²) >= 11 is 0. The van der Waals surface area contributed by atoms with Gasteiger partial charge in [-0.3, -0.25) is 9.59 Å². The van der Waals surface area contributed by atoms with Crippen LogP contribution >= 0.6 is 0 Å². The minimum absolute atomic E-state index is 0.0549. The van der Waals surface area contributed by atoms with E-state index in [1.54, 1.807) is 6.07 Å². The minimum Gasteiger partial charge on any atom is -0.493 e. The fourth-order valence-corrected chi connectivity index (χ4v) is 2.04. The van der Waals surface area contributed by atoms with Crippen LogP contribution in [-0.4, -0.2) is 42.8 Å². The Morgan fingerprint density at radius 3 is 2.95 bits per heavy atom. The summed E-state index contributed by atoms with van der Waals surface area (Å²) in [6.45, 7) is 0.369. The normalized spacial score (nSPS) is 21.0. The molecule has 1 saturated heterocycles. The third kappa shape index (κ3) is 4.42. The molecule has 1 amide bonds. The van der Waals surface area contributed by atoms with Gasteiger partial charge in [0.15, 0.2) is 0 Å². The van der Waals surface area contributed by atoms with Crippen LogP contribution in [0.15, 0.2) is 24.3 Å². The van der Waals surface area contributed by atoms with Crippen molar-refractivity contribution in [3.8, 4) is 5.75 Å². The summed E-state index contributed by atoms with van der Waals surface area (Å²) in [5.41, 5.74) is 0. The van der Waals surface area contributed by atoms with Gasteiger partial charge >= 0.3 is 5.97 Å². The Balaban J connectivity index is 1.74. The van der Waals surface area contributed by atoms with E-state index in [1.807, 2.05) is 0 Å². The van der Waals surface area contributed by atoms with Gasteiger partial charge in [-0.2, -0.15) is 0 Å². The first-order chi connectivity index (χ1) is 10.1. The summed E-state index contributed by atoms with van der Waals surface area (Å²) in [5, 5.41) is 11.6. The van der Waals surface area contributed by atoms with Crippen LogP contribution in [0.2, 0.25) is 0 Å². The van der Waals surface area contributed by atoms with Crippen LogP contribution in [0.4, 0.5) is 4.39 Å². The maximum absolute atomic E-state index is 12.9. The molecule has 1 aromatic rings. The zero-order valence-corrected chi connectivity index (χ0v) is 11.3. The lowest BCUT2D eigenvalue weighted by atomic mass is 10.0. The van der Waals surface area contributed by atoms with Gasteiger partial charge in [0, 0.05) is 6.07 Å². The van der Waals surface area contributed by atoms with Gasteiger partial charge < -0.3 is 19.9 Å². The van der Waals surface area contributed by atoms with Gasteiger partial charge in [0.25, 0.3) is 0 Å². The number of ether oxygens (including phenoxy) is 2. The van der Waals surface area contributed by atoms with Gasteiger partial charge in [-0.15, -0.1) is 0 Å². The number of carbonyl (C=O) groups is 2. The summed E-state index contributed by atoms with van der Waals surface area (Å²) in [7, 11) is 0. The monoisotopic (exact) mass is 297 g/mol. The number of aliphatic carboxylic acids is 1. The van der Waals surface area contributed by atoms with Crippen molar-refractivity contribution < 1.29 is 28.6 Å². The van der Waals surface area contributed by atoms with Gasteiger partial charge in [0.2, 0.25) is 5.91 Å². The van der Waals surface area contributed by atoms with Gasteiger partial charge in [0.1, 0.15) is 17.5 Å². The number of carboxylic acid groups (broad SMARTS) is 1. The van der Waals surface area contributed by atoms with E-state index in [9.17, 15) is 14.0 Å². The van der Waals surface area contributed by atoms with E-state index < -0.39 is 23.7 Å². The van der Waals surface area contributed by atoms with Crippen LogP contribution < -0.4 is 10.1 Å². The van der Waals surface area contributed by atoms with Crippen molar-refractivity contribution in [3.05, 3.63) is 30.1 Å². The molecule has 114 valence electrons. The predicted molar refractivity (Wildman–Crippen MR) is 70.4 cm³/mol. The molecule has 0 bridgehead atoms. The second kappa shape index (κ2) is 7.03. The number of carbonyl (C=O) groups excluding carboxylic acids is 1. The van der Waals surface area contributed by atoms with E-state index in [1.165, 1.54) is 18.2 Å². The molecule has 0 radical (unpaired) electrons. The van der Waals surface area contributed by atoms with Crippen LogP contribution in [0.1, 0.15) is 6.42 Å². The van der Waals surface area contributed by atoms with Crippen molar-refractivity contribution in [2.24, 2.45) is 5.92 Å². The number of hydrogen-bond donors (Lipinski definition) is 2. The van der Waals surface area contributed by atoms with E-state index in [4.69, 9.17) is 14.6 Å². The SMILES string of the molecule is O=C(CCOc1cccc(F)c1)NC1COCC1C(=O)O. The molecular formula is C14H16FNO5. The minimum atomic E-state index is -0.992. The smallest absolute Gasteiger partial charge is 0.311 e. The van der Waals surface area contributed by atoms with Crippen LogP contribution in [0.3, 0.4) is 0 Å². The lowest BCUT2D eigenvalue weighted by Crippen LogP contribution is -2.43. The lowest BCUT2D eigenvalue weighted by Gasteiger charge is -2.15. The van der Waals surface area contributed by atoms with E-state index in [0.717, 1.165) is 0 Å². The number of halogens is 1. The predicted octanol–water partition coefficient (Wildman–Crippen LogP) is 0.810. The fraction of sp³-hybridized carbons (Fsp3) is 0.429. The molecule has 0 spiro atoms. The molecule has 21 heavy (non-hydrogen) atoms. The highest BCUT2D eigenvalue weighted by atomic mass is 19.1. The Morgan fingerprint density at radius 1 is 1.43 bits per heavy atom. The zero-order chi connectivity index (χ0) is 15.2. The first-order valence-electron chi connectivity index (χ1n) is 6.54. The van der Waals surface area contributed by atoms with E-state index in [0.29, 0.717) is 5.75 Å². The topological polar surface area (TPSA) is 84.9 Å². The van der Waals surface area contributed by atoms with Crippen LogP contribution in [0.5, 0.6) is 5.75 Å². The molecule has 1 aromatic carbocycles. The Kier molecular flexibility index (Phi) is 5.10. The molecule has 2 N–H and O–H groups in total. The molecule has 2 atom stereocenters. The number of carboxylic acids is 1. The molecule has 1 aliphatic rings. The van der Waals surface area contributed by atoms with Crippen LogP contribution in [0.25, 0.3) is 0 Å². The van der Waals surface area contributed by atoms with Crippen molar-refractivity contribution >= 4 is 11.9 Å². The third-order valence-electron chi connectivity index (χ3n) is 3.14. The number of benzene rings is 1. The molecule has 1 fully saturated rings. The average molecular weight is 297 g/mol. The Bertz CT molecular complexity index is 522. The van der Waals surface area contributed by atoms with Gasteiger partial charge in [-0.25, -0.2) is 4.39 Å². The summed E-state index contributed by atoms with van der Waals surface area (Å²) in [5.74, 6) is -2.11. The molecule has 0 aromatic heterocycles. The zero-order valence-electron chi connectivity index (χ0n) is 11.3. The summed E-state index contributed by atoms with van der Waals surface area (Å²) in [6, 6.07) is 5.10. The second-order valence-electron chi connectivity index (χ2n) is 4.71. The van der Waals surface area contributed by atoms with Crippen molar-refractivity contribution in [1.82, 2.24) is 5.32 Å². The Hall–Kier alpha value is -2.15. The Labute approximate surface area is 120 Å². The average Bonchev–Trinajstić information content (AvgIpc) is 2.87. The number of hydrogen-bond acceptors (Lipinski definition) is 4. The molecule has 7 heteroatoms. The summed E-state index contributed by atoms with van der Waals surface area (Å²) in [4.78, 5) is 22.6. The maximum atomic E-state index is 12.9. The summed E-state index contributed by atoms with van der Waals surface area (Å²) in [6.07, 6.45) is 0.0549. The molecule has 1 heterocycles. The first kappa shape index (κ1) is 15.2. The number of amides is 1. The van der Waals surface area contributed by atoms with Crippen LogP contribution in [0, 0.1) is 11.7 Å². The summed E-state index contributed by atoms with van der Waals surface area (Å²) < 4.78 is 23.2. The molecule has 0 aliphatic carbocycles. The maximum Gasteiger partial charge on any atom is 0.311 e. The van der Waals surface area contributed by atoms with E-state index in [2.05, 4.69) is 5.32 Å². The highest BCUT2D eigenvalue weighted by Gasteiger charge is 2.34. The quantitative estimate of drug-likeness (QED) is 0.811. The van der Waals surface area contributed by atoms with E-state index >= 15 is 0 Å². The Morgan fingerprint density at radius 2 is 2.24 bits per heavy atom. The van der Waals surface area contributed by atoms with Crippen molar-refractivity contribution in [2.75, 3.05) is 19.8 Å².